The summed E-state index contributed by atoms with van der Waals surface area (Å²) in [4.78, 5) is 12.6. The van der Waals surface area contributed by atoms with Gasteiger partial charge in [0.25, 0.3) is 0 Å². The number of hydrogen-bond donors (Lipinski definition) is 0. The quantitative estimate of drug-likeness (QED) is 0.739. The van der Waals surface area contributed by atoms with Crippen LogP contribution >= 0.6 is 0 Å². The highest BCUT2D eigenvalue weighted by molar-refractivity contribution is 7.88. The summed E-state index contributed by atoms with van der Waals surface area (Å²) >= 11 is 0. The molecule has 3 rings (SSSR count). The van der Waals surface area contributed by atoms with Gasteiger partial charge in [-0.3, -0.25) is 4.79 Å². The highest BCUT2D eigenvalue weighted by Gasteiger charge is 2.38. The molecule has 0 bridgehead atoms. The van der Waals surface area contributed by atoms with Gasteiger partial charge in [0.2, 0.25) is 10.0 Å². The van der Waals surface area contributed by atoms with Crippen LogP contribution in [0.15, 0.2) is 0 Å². The average Bonchev–Trinajstić information content (AvgIpc) is 2.54. The fraction of sp³-hybridized carbons (Fsp3) is 0.941. The average molecular weight is 343 g/mol. The van der Waals surface area contributed by atoms with Crippen LogP contribution in [0.3, 0.4) is 0 Å². The minimum atomic E-state index is -3.35. The normalized spacial score (nSPS) is 36.2. The number of rotatable bonds is 3. The van der Waals surface area contributed by atoms with Crippen LogP contribution in [0.1, 0.15) is 64.2 Å². The van der Waals surface area contributed by atoms with E-state index < -0.39 is 16.1 Å². The van der Waals surface area contributed by atoms with E-state index in [1.807, 2.05) is 0 Å². The molecule has 2 saturated carbocycles. The minimum Gasteiger partial charge on any atom is -0.461 e. The van der Waals surface area contributed by atoms with Crippen LogP contribution < -0.4 is 0 Å². The van der Waals surface area contributed by atoms with Crippen molar-refractivity contribution in [2.45, 2.75) is 76.4 Å². The molecule has 0 amide bonds. The van der Waals surface area contributed by atoms with Crippen molar-refractivity contribution in [1.82, 2.24) is 4.31 Å². The predicted octanol–water partition coefficient (Wildman–Crippen LogP) is 2.70. The van der Waals surface area contributed by atoms with Crippen LogP contribution in [-0.4, -0.2) is 43.6 Å². The first kappa shape index (κ1) is 17.2. The molecule has 6 heteroatoms. The second kappa shape index (κ2) is 7.09. The number of fused-ring (bicyclic) bond motifs is 1. The highest BCUT2D eigenvalue weighted by atomic mass is 32.2. The van der Waals surface area contributed by atoms with Crippen molar-refractivity contribution in [3.05, 3.63) is 0 Å². The molecule has 2 aliphatic carbocycles. The van der Waals surface area contributed by atoms with Gasteiger partial charge in [0.15, 0.2) is 0 Å². The SMILES string of the molecule is CS(=O)(=O)N1CCCCC1C(=O)OC1CCC2CCCCC2C1. The van der Waals surface area contributed by atoms with Crippen LogP contribution in [-0.2, 0) is 19.6 Å². The summed E-state index contributed by atoms with van der Waals surface area (Å²) in [5, 5.41) is 0. The van der Waals surface area contributed by atoms with E-state index in [-0.39, 0.29) is 12.1 Å². The number of sulfonamides is 1. The van der Waals surface area contributed by atoms with Crippen molar-refractivity contribution in [1.29, 1.82) is 0 Å². The summed E-state index contributed by atoms with van der Waals surface area (Å²) in [5.41, 5.74) is 0. The summed E-state index contributed by atoms with van der Waals surface area (Å²) in [7, 11) is -3.35. The molecule has 4 unspecified atom stereocenters. The van der Waals surface area contributed by atoms with Gasteiger partial charge in [-0.1, -0.05) is 25.7 Å². The van der Waals surface area contributed by atoms with Gasteiger partial charge >= 0.3 is 5.97 Å². The molecule has 0 aromatic rings. The highest BCUT2D eigenvalue weighted by Crippen LogP contribution is 2.41. The molecule has 0 spiro atoms. The molecule has 0 N–H and O–H groups in total. The lowest BCUT2D eigenvalue weighted by Gasteiger charge is -2.40. The van der Waals surface area contributed by atoms with Crippen LogP contribution in [0.4, 0.5) is 0 Å². The third-order valence-corrected chi connectivity index (χ3v) is 7.22. The number of piperidine rings is 1. The van der Waals surface area contributed by atoms with Crippen molar-refractivity contribution in [2.24, 2.45) is 11.8 Å². The predicted molar refractivity (Wildman–Crippen MR) is 88.4 cm³/mol. The molecule has 23 heavy (non-hydrogen) atoms. The third kappa shape index (κ3) is 4.08. The Labute approximate surface area is 139 Å². The summed E-state index contributed by atoms with van der Waals surface area (Å²) in [6, 6.07) is -0.608. The Morgan fingerprint density at radius 1 is 0.957 bits per heavy atom. The zero-order chi connectivity index (χ0) is 16.4. The van der Waals surface area contributed by atoms with Gasteiger partial charge in [-0.05, 0) is 50.4 Å². The smallest absolute Gasteiger partial charge is 0.324 e. The monoisotopic (exact) mass is 343 g/mol. The fourth-order valence-electron chi connectivity index (χ4n) is 4.72. The molecule has 0 aromatic heterocycles. The lowest BCUT2D eigenvalue weighted by Crippen LogP contribution is -2.49. The maximum absolute atomic E-state index is 12.6. The van der Waals surface area contributed by atoms with E-state index in [0.29, 0.717) is 18.9 Å². The molecule has 1 aliphatic heterocycles. The van der Waals surface area contributed by atoms with E-state index in [0.717, 1.165) is 38.0 Å². The second-order valence-corrected chi connectivity index (χ2v) is 9.50. The van der Waals surface area contributed by atoms with Crippen molar-refractivity contribution in [3.8, 4) is 0 Å². The van der Waals surface area contributed by atoms with Crippen LogP contribution in [0.5, 0.6) is 0 Å². The Balaban J connectivity index is 1.59. The Morgan fingerprint density at radius 3 is 2.39 bits per heavy atom. The lowest BCUT2D eigenvalue weighted by atomic mass is 9.70. The Kier molecular flexibility index (Phi) is 5.31. The molecule has 132 valence electrons. The Hall–Kier alpha value is -0.620. The molecule has 3 aliphatic rings. The second-order valence-electron chi connectivity index (χ2n) is 7.56. The van der Waals surface area contributed by atoms with E-state index in [1.165, 1.54) is 36.2 Å². The van der Waals surface area contributed by atoms with Crippen molar-refractivity contribution >= 4 is 16.0 Å². The van der Waals surface area contributed by atoms with Gasteiger partial charge in [-0.25, -0.2) is 8.42 Å². The maximum atomic E-state index is 12.6. The molecule has 1 heterocycles. The third-order valence-electron chi connectivity index (χ3n) is 5.93. The van der Waals surface area contributed by atoms with Crippen molar-refractivity contribution < 1.29 is 17.9 Å². The van der Waals surface area contributed by atoms with E-state index in [2.05, 4.69) is 0 Å². The first-order chi connectivity index (χ1) is 10.9. The van der Waals surface area contributed by atoms with Gasteiger partial charge in [0.05, 0.1) is 6.26 Å². The zero-order valence-electron chi connectivity index (χ0n) is 14.1. The number of esters is 1. The van der Waals surface area contributed by atoms with Gasteiger partial charge in [0, 0.05) is 6.54 Å². The molecular formula is C17H29NO4S. The summed E-state index contributed by atoms with van der Waals surface area (Å²) in [5.74, 6) is 1.20. The maximum Gasteiger partial charge on any atom is 0.324 e. The number of hydrogen-bond acceptors (Lipinski definition) is 4. The van der Waals surface area contributed by atoms with Gasteiger partial charge in [-0.15, -0.1) is 0 Å². The topological polar surface area (TPSA) is 63.7 Å². The Bertz CT molecular complexity index is 533. The molecule has 5 nitrogen and oxygen atoms in total. The standard InChI is InChI=1S/C17H29NO4S/c1-23(20,21)18-11-5-4-8-16(18)17(19)22-15-10-9-13-6-2-3-7-14(13)12-15/h13-16H,2-12H2,1H3. The first-order valence-corrected chi connectivity index (χ1v) is 11.0. The number of nitrogens with zero attached hydrogens (tertiary/aromatic N) is 1. The van der Waals surface area contributed by atoms with E-state index >= 15 is 0 Å². The summed E-state index contributed by atoms with van der Waals surface area (Å²) in [6.45, 7) is 0.438. The number of carbonyl (C=O) groups is 1. The minimum absolute atomic E-state index is 0.00909. The van der Waals surface area contributed by atoms with E-state index in [9.17, 15) is 13.2 Å². The summed E-state index contributed by atoms with van der Waals surface area (Å²) < 4.78 is 30.9. The molecule has 3 fully saturated rings. The fourth-order valence-corrected chi connectivity index (χ4v) is 5.83. The number of ether oxygens (including phenoxy) is 1. The van der Waals surface area contributed by atoms with E-state index in [4.69, 9.17) is 4.74 Å². The van der Waals surface area contributed by atoms with Gasteiger partial charge in [-0.2, -0.15) is 4.31 Å². The van der Waals surface area contributed by atoms with Crippen LogP contribution in [0.25, 0.3) is 0 Å². The van der Waals surface area contributed by atoms with Crippen LogP contribution in [0.2, 0.25) is 0 Å². The van der Waals surface area contributed by atoms with Gasteiger partial charge in [0.1, 0.15) is 12.1 Å². The molecule has 0 aromatic carbocycles. The lowest BCUT2D eigenvalue weighted by molar-refractivity contribution is -0.158. The molecular weight excluding hydrogens is 314 g/mol. The van der Waals surface area contributed by atoms with Gasteiger partial charge < -0.3 is 4.74 Å². The molecule has 4 atom stereocenters. The van der Waals surface area contributed by atoms with Crippen molar-refractivity contribution in [2.75, 3.05) is 12.8 Å². The Morgan fingerprint density at radius 2 is 1.65 bits per heavy atom. The molecule has 0 radical (unpaired) electrons. The largest absolute Gasteiger partial charge is 0.461 e. The molecule has 1 saturated heterocycles. The van der Waals surface area contributed by atoms with E-state index in [1.54, 1.807) is 0 Å². The first-order valence-electron chi connectivity index (χ1n) is 9.12. The number of carbonyl (C=O) groups excluding carboxylic acids is 1. The summed E-state index contributed by atoms with van der Waals surface area (Å²) in [6.07, 6.45) is 11.8. The van der Waals surface area contributed by atoms with Crippen molar-refractivity contribution in [3.63, 3.8) is 0 Å². The van der Waals surface area contributed by atoms with Crippen LogP contribution in [0, 0.1) is 11.8 Å². The zero-order valence-corrected chi connectivity index (χ0v) is 14.9.